The van der Waals surface area contributed by atoms with Gasteiger partial charge < -0.3 is 15.2 Å². The molecular formula is C14H16N4O4. The molecule has 8 heteroatoms. The average Bonchev–Trinajstić information content (AvgIpc) is 2.82. The minimum absolute atomic E-state index is 0.146. The van der Waals surface area contributed by atoms with Gasteiger partial charge in [-0.1, -0.05) is 5.16 Å². The number of hydrogen-bond acceptors (Lipinski definition) is 6. The van der Waals surface area contributed by atoms with Crippen molar-refractivity contribution in [1.29, 1.82) is 0 Å². The lowest BCUT2D eigenvalue weighted by atomic mass is 10.1. The molecule has 0 bridgehead atoms. The Labute approximate surface area is 126 Å². The summed E-state index contributed by atoms with van der Waals surface area (Å²) in [5.74, 6) is 0.236. The summed E-state index contributed by atoms with van der Waals surface area (Å²) in [7, 11) is 1.58. The van der Waals surface area contributed by atoms with E-state index in [0.717, 1.165) is 5.56 Å². The number of aromatic nitrogens is 1. The third-order valence-electron chi connectivity index (χ3n) is 3.33. The normalized spacial score (nSPS) is 10.3. The van der Waals surface area contributed by atoms with Gasteiger partial charge in [-0.2, -0.15) is 0 Å². The second kappa shape index (κ2) is 6.25. The average molecular weight is 304 g/mol. The number of nitrogens with one attached hydrogen (secondary N) is 2. The van der Waals surface area contributed by atoms with Gasteiger partial charge in [0.25, 0.3) is 11.6 Å². The quantitative estimate of drug-likeness (QED) is 0.647. The lowest BCUT2D eigenvalue weighted by Gasteiger charge is -2.07. The lowest BCUT2D eigenvalue weighted by molar-refractivity contribution is -0.384. The van der Waals surface area contributed by atoms with Crippen molar-refractivity contribution in [3.63, 3.8) is 0 Å². The molecule has 0 saturated heterocycles. The van der Waals surface area contributed by atoms with Crippen LogP contribution in [0.2, 0.25) is 0 Å². The number of nitro groups is 1. The van der Waals surface area contributed by atoms with Gasteiger partial charge in [0, 0.05) is 30.8 Å². The zero-order valence-corrected chi connectivity index (χ0v) is 12.5. The highest BCUT2D eigenvalue weighted by Gasteiger charge is 2.17. The first-order valence-corrected chi connectivity index (χ1v) is 6.60. The number of hydrogen-bond donors (Lipinski definition) is 2. The summed E-state index contributed by atoms with van der Waals surface area (Å²) in [5.41, 5.74) is 1.93. The molecule has 1 aromatic heterocycles. The van der Waals surface area contributed by atoms with Crippen molar-refractivity contribution in [1.82, 2.24) is 10.5 Å². The van der Waals surface area contributed by atoms with Gasteiger partial charge in [0.05, 0.1) is 10.6 Å². The van der Waals surface area contributed by atoms with Gasteiger partial charge in [-0.05, 0) is 26.0 Å². The Morgan fingerprint density at radius 3 is 2.68 bits per heavy atom. The maximum atomic E-state index is 12.1. The molecule has 0 aliphatic rings. The minimum atomic E-state index is -0.531. The molecule has 0 unspecified atom stereocenters. The van der Waals surface area contributed by atoms with Crippen LogP contribution in [-0.4, -0.2) is 23.0 Å². The van der Waals surface area contributed by atoms with Crippen molar-refractivity contribution < 1.29 is 14.2 Å². The lowest BCUT2D eigenvalue weighted by Crippen LogP contribution is -2.23. The highest BCUT2D eigenvalue weighted by atomic mass is 16.6. The molecule has 0 spiro atoms. The first-order chi connectivity index (χ1) is 10.4. The molecule has 1 heterocycles. The van der Waals surface area contributed by atoms with Crippen LogP contribution in [0.4, 0.5) is 11.4 Å². The molecule has 1 aromatic carbocycles. The molecule has 0 aliphatic heterocycles. The second-order valence-electron chi connectivity index (χ2n) is 4.72. The van der Waals surface area contributed by atoms with E-state index in [2.05, 4.69) is 15.8 Å². The maximum absolute atomic E-state index is 12.1. The number of aryl methyl sites for hydroxylation is 2. The Hall–Kier alpha value is -2.90. The molecule has 116 valence electrons. The zero-order valence-electron chi connectivity index (χ0n) is 12.5. The number of carbonyl (C=O) groups is 1. The Bertz CT molecular complexity index is 704. The Morgan fingerprint density at radius 1 is 1.41 bits per heavy atom. The number of benzene rings is 1. The summed E-state index contributed by atoms with van der Waals surface area (Å²) in [5, 5.41) is 20.2. The van der Waals surface area contributed by atoms with Crippen molar-refractivity contribution in [2.45, 2.75) is 20.4 Å². The molecule has 2 aromatic rings. The molecule has 1 amide bonds. The van der Waals surface area contributed by atoms with Crippen molar-refractivity contribution in [3.05, 3.63) is 50.9 Å². The molecule has 2 rings (SSSR count). The molecular weight excluding hydrogens is 288 g/mol. The summed E-state index contributed by atoms with van der Waals surface area (Å²) in [6.45, 7) is 3.79. The van der Waals surface area contributed by atoms with E-state index < -0.39 is 10.8 Å². The SMILES string of the molecule is CNc1ccc(C(=O)NCc2c(C)noc2C)cc1[N+](=O)[O-]. The van der Waals surface area contributed by atoms with E-state index in [1.807, 2.05) is 0 Å². The zero-order chi connectivity index (χ0) is 16.3. The summed E-state index contributed by atoms with van der Waals surface area (Å²) in [4.78, 5) is 22.6. The molecule has 0 fully saturated rings. The fourth-order valence-corrected chi connectivity index (χ4v) is 2.06. The van der Waals surface area contributed by atoms with Crippen LogP contribution in [0.5, 0.6) is 0 Å². The van der Waals surface area contributed by atoms with Crippen LogP contribution in [-0.2, 0) is 6.54 Å². The summed E-state index contributed by atoms with van der Waals surface area (Å²) < 4.78 is 5.02. The Morgan fingerprint density at radius 2 is 2.14 bits per heavy atom. The smallest absolute Gasteiger partial charge is 0.293 e. The molecule has 0 atom stereocenters. The summed E-state index contributed by atoms with van der Waals surface area (Å²) in [6, 6.07) is 4.28. The standard InChI is InChI=1S/C14H16N4O4/c1-8-11(9(2)22-17-8)7-16-14(19)10-4-5-12(15-3)13(6-10)18(20)21/h4-6,15H,7H2,1-3H3,(H,16,19). The van der Waals surface area contributed by atoms with Gasteiger partial charge in [0.1, 0.15) is 11.4 Å². The molecule has 22 heavy (non-hydrogen) atoms. The van der Waals surface area contributed by atoms with Gasteiger partial charge in [-0.15, -0.1) is 0 Å². The van der Waals surface area contributed by atoms with E-state index in [4.69, 9.17) is 4.52 Å². The van der Waals surface area contributed by atoms with Crippen molar-refractivity contribution >= 4 is 17.3 Å². The monoisotopic (exact) mass is 304 g/mol. The Kier molecular flexibility index (Phi) is 4.40. The Balaban J connectivity index is 2.16. The van der Waals surface area contributed by atoms with E-state index >= 15 is 0 Å². The topological polar surface area (TPSA) is 110 Å². The van der Waals surface area contributed by atoms with Gasteiger partial charge in [0.2, 0.25) is 0 Å². The highest BCUT2D eigenvalue weighted by molar-refractivity contribution is 5.95. The van der Waals surface area contributed by atoms with Gasteiger partial charge in [-0.3, -0.25) is 14.9 Å². The number of anilines is 1. The van der Waals surface area contributed by atoms with Crippen LogP contribution < -0.4 is 10.6 Å². The van der Waals surface area contributed by atoms with Crippen molar-refractivity contribution in [3.8, 4) is 0 Å². The first kappa shape index (κ1) is 15.5. The predicted octanol–water partition coefficient (Wildman–Crippen LogP) is 2.17. The summed E-state index contributed by atoms with van der Waals surface area (Å²) >= 11 is 0. The van der Waals surface area contributed by atoms with Crippen LogP contribution in [0.1, 0.15) is 27.4 Å². The first-order valence-electron chi connectivity index (χ1n) is 6.60. The third kappa shape index (κ3) is 3.05. The van der Waals surface area contributed by atoms with Crippen LogP contribution in [0.15, 0.2) is 22.7 Å². The summed E-state index contributed by atoms with van der Waals surface area (Å²) in [6.07, 6.45) is 0. The van der Waals surface area contributed by atoms with Crippen LogP contribution in [0, 0.1) is 24.0 Å². The predicted molar refractivity (Wildman–Crippen MR) is 79.8 cm³/mol. The number of amides is 1. The third-order valence-corrected chi connectivity index (χ3v) is 3.33. The largest absolute Gasteiger partial charge is 0.383 e. The molecule has 8 nitrogen and oxygen atoms in total. The van der Waals surface area contributed by atoms with Crippen molar-refractivity contribution in [2.24, 2.45) is 0 Å². The van der Waals surface area contributed by atoms with E-state index in [0.29, 0.717) is 17.1 Å². The van der Waals surface area contributed by atoms with E-state index in [1.54, 1.807) is 20.9 Å². The van der Waals surface area contributed by atoms with E-state index in [-0.39, 0.29) is 17.8 Å². The van der Waals surface area contributed by atoms with Crippen LogP contribution in [0.25, 0.3) is 0 Å². The van der Waals surface area contributed by atoms with Crippen molar-refractivity contribution in [2.75, 3.05) is 12.4 Å². The fourth-order valence-electron chi connectivity index (χ4n) is 2.06. The number of carbonyl (C=O) groups excluding carboxylic acids is 1. The van der Waals surface area contributed by atoms with Crippen LogP contribution in [0.3, 0.4) is 0 Å². The maximum Gasteiger partial charge on any atom is 0.293 e. The number of rotatable bonds is 5. The second-order valence-corrected chi connectivity index (χ2v) is 4.72. The van der Waals surface area contributed by atoms with Gasteiger partial charge >= 0.3 is 0 Å². The molecule has 2 N–H and O–H groups in total. The number of nitro benzene ring substituents is 1. The number of nitrogens with zero attached hydrogens (tertiary/aromatic N) is 2. The molecule has 0 saturated carbocycles. The highest BCUT2D eigenvalue weighted by Crippen LogP contribution is 2.25. The minimum Gasteiger partial charge on any atom is -0.383 e. The van der Waals surface area contributed by atoms with Gasteiger partial charge in [0.15, 0.2) is 0 Å². The van der Waals surface area contributed by atoms with Crippen LogP contribution >= 0.6 is 0 Å². The van der Waals surface area contributed by atoms with E-state index in [1.165, 1.54) is 18.2 Å². The fraction of sp³-hybridized carbons (Fsp3) is 0.286. The molecule has 0 aliphatic carbocycles. The molecule has 0 radical (unpaired) electrons. The van der Waals surface area contributed by atoms with Gasteiger partial charge in [-0.25, -0.2) is 0 Å². The van der Waals surface area contributed by atoms with E-state index in [9.17, 15) is 14.9 Å².